The van der Waals surface area contributed by atoms with E-state index in [0.717, 1.165) is 66.0 Å². The van der Waals surface area contributed by atoms with Crippen molar-refractivity contribution in [2.75, 3.05) is 0 Å². The molecule has 0 bridgehead atoms. The molecule has 32 heavy (non-hydrogen) atoms. The van der Waals surface area contributed by atoms with Crippen molar-refractivity contribution in [1.29, 1.82) is 0 Å². The lowest BCUT2D eigenvalue weighted by Gasteiger charge is -2.03. The van der Waals surface area contributed by atoms with Crippen LogP contribution in [-0.4, -0.2) is 9.13 Å². The van der Waals surface area contributed by atoms with E-state index in [9.17, 15) is 0 Å². The molecule has 0 aliphatic rings. The summed E-state index contributed by atoms with van der Waals surface area (Å²) in [6.45, 7) is 6.31. The monoisotopic (exact) mass is 504 g/mol. The Bertz CT molecular complexity index is 1070. The number of rotatable bonds is 14. The summed E-state index contributed by atoms with van der Waals surface area (Å²) in [4.78, 5) is 0. The highest BCUT2D eigenvalue weighted by atomic mass is 32.1. The van der Waals surface area contributed by atoms with Crippen molar-refractivity contribution in [2.45, 2.75) is 104 Å². The fourth-order valence-corrected chi connectivity index (χ4v) is 6.10. The molecule has 174 valence electrons. The molecule has 3 aromatic rings. The first-order valence-electron chi connectivity index (χ1n) is 12.4. The van der Waals surface area contributed by atoms with E-state index in [1.165, 1.54) is 64.2 Å². The molecule has 0 unspecified atom stereocenters. The number of aromatic nitrogens is 2. The molecule has 2 heterocycles. The van der Waals surface area contributed by atoms with Crippen LogP contribution in [0.2, 0.25) is 0 Å². The Morgan fingerprint density at radius 3 is 1.06 bits per heavy atom. The zero-order valence-corrected chi connectivity index (χ0v) is 22.8. The van der Waals surface area contributed by atoms with Gasteiger partial charge in [0.2, 0.25) is 0 Å². The van der Waals surface area contributed by atoms with Gasteiger partial charge < -0.3 is 9.13 Å². The van der Waals surface area contributed by atoms with E-state index < -0.39 is 0 Å². The summed E-state index contributed by atoms with van der Waals surface area (Å²) in [5, 5.41) is 4.23. The topological polar surface area (TPSA) is 9.86 Å². The second-order valence-corrected chi connectivity index (χ2v) is 10.5. The lowest BCUT2D eigenvalue weighted by molar-refractivity contribution is 0.555. The van der Waals surface area contributed by atoms with Gasteiger partial charge in [-0.3, -0.25) is 0 Å². The van der Waals surface area contributed by atoms with Gasteiger partial charge in [0.15, 0.2) is 0 Å². The number of nitrogens with zero attached hydrogens (tertiary/aromatic N) is 2. The van der Waals surface area contributed by atoms with Gasteiger partial charge in [-0.25, -0.2) is 0 Å². The normalized spacial score (nSPS) is 11.8. The van der Waals surface area contributed by atoms with Crippen molar-refractivity contribution in [2.24, 2.45) is 0 Å². The molecule has 0 amide bonds. The third kappa shape index (κ3) is 5.81. The third-order valence-electron chi connectivity index (χ3n) is 6.53. The van der Waals surface area contributed by atoms with E-state index in [4.69, 9.17) is 48.9 Å². The van der Waals surface area contributed by atoms with Crippen molar-refractivity contribution >= 4 is 70.4 Å². The predicted molar refractivity (Wildman–Crippen MR) is 150 cm³/mol. The summed E-state index contributed by atoms with van der Waals surface area (Å²) in [7, 11) is 0. The minimum atomic E-state index is 0.851. The highest BCUT2D eigenvalue weighted by Gasteiger charge is 2.13. The third-order valence-corrected chi connectivity index (χ3v) is 8.29. The molecule has 6 heteroatoms. The lowest BCUT2D eigenvalue weighted by atomic mass is 10.1. The fraction of sp³-hybridized carbons (Fsp3) is 0.615. The van der Waals surface area contributed by atoms with Crippen molar-refractivity contribution in [3.05, 3.63) is 30.7 Å². The van der Waals surface area contributed by atoms with Crippen LogP contribution >= 0.6 is 48.9 Å². The average Bonchev–Trinajstić information content (AvgIpc) is 3.16. The molecule has 2 nitrogen and oxygen atoms in total. The molecule has 0 saturated heterocycles. The van der Waals surface area contributed by atoms with Gasteiger partial charge in [-0.15, -0.1) is 0 Å². The Hall–Kier alpha value is -0.820. The first-order chi connectivity index (χ1) is 15.5. The lowest BCUT2D eigenvalue weighted by Crippen LogP contribution is -1.98. The molecule has 3 rings (SSSR count). The Labute approximate surface area is 213 Å². The van der Waals surface area contributed by atoms with Gasteiger partial charge in [0, 0.05) is 34.6 Å². The average molecular weight is 505 g/mol. The van der Waals surface area contributed by atoms with Gasteiger partial charge in [-0.1, -0.05) is 127 Å². The summed E-state index contributed by atoms with van der Waals surface area (Å²) >= 11 is 23.3. The van der Waals surface area contributed by atoms with Gasteiger partial charge in [-0.05, 0) is 25.0 Å². The Morgan fingerprint density at radius 1 is 0.469 bits per heavy atom. The molecule has 2 aromatic heterocycles. The molecule has 0 saturated carbocycles. The van der Waals surface area contributed by atoms with Crippen LogP contribution in [0.5, 0.6) is 0 Å². The summed E-state index contributed by atoms with van der Waals surface area (Å²) in [5.41, 5.74) is 0. The number of benzene rings is 1. The van der Waals surface area contributed by atoms with E-state index in [2.05, 4.69) is 35.1 Å². The second-order valence-electron chi connectivity index (χ2n) is 9.00. The number of hydrogen-bond donors (Lipinski definition) is 0. The Kier molecular flexibility index (Phi) is 10.1. The van der Waals surface area contributed by atoms with Crippen LogP contribution < -0.4 is 0 Å². The zero-order chi connectivity index (χ0) is 23.1. The van der Waals surface area contributed by atoms with E-state index in [1.807, 2.05) is 0 Å². The Balaban J connectivity index is 1.80. The van der Waals surface area contributed by atoms with Gasteiger partial charge >= 0.3 is 0 Å². The summed E-state index contributed by atoms with van der Waals surface area (Å²) in [5.74, 6) is 0. The maximum absolute atomic E-state index is 5.83. The maximum Gasteiger partial charge on any atom is 0.115 e. The number of hydrogen-bond acceptors (Lipinski definition) is 4. The van der Waals surface area contributed by atoms with Gasteiger partial charge in [0.25, 0.3) is 0 Å². The molecule has 0 spiro atoms. The highest BCUT2D eigenvalue weighted by Crippen LogP contribution is 2.30. The van der Waals surface area contributed by atoms with Crippen LogP contribution in [0.15, 0.2) is 12.1 Å². The first-order valence-corrected chi connectivity index (χ1v) is 14.0. The molecule has 0 N–H and O–H groups in total. The minimum Gasteiger partial charge on any atom is -0.323 e. The number of unbranched alkanes of at least 4 members (excludes halogenated alkanes) is 10. The second kappa shape index (κ2) is 12.6. The maximum atomic E-state index is 5.83. The highest BCUT2D eigenvalue weighted by molar-refractivity contribution is 7.72. The van der Waals surface area contributed by atoms with E-state index in [1.54, 1.807) is 0 Å². The van der Waals surface area contributed by atoms with Crippen molar-refractivity contribution < 1.29 is 0 Å². The zero-order valence-electron chi connectivity index (χ0n) is 19.6. The summed E-state index contributed by atoms with van der Waals surface area (Å²) in [6, 6.07) is 4.30. The van der Waals surface area contributed by atoms with Crippen molar-refractivity contribution in [1.82, 2.24) is 9.13 Å². The standard InChI is InChI=1S/C26H36N2S4/c1-3-5-7-9-11-13-15-27-23(29)19-17-21-22(18-20(19)24(27)30)26(32)28(25(21)31)16-14-12-10-8-6-4-2/h17-18H,3-16H2,1-2H3. The quantitative estimate of drug-likeness (QED) is 0.159. The molecular formula is C26H36N2S4. The van der Waals surface area contributed by atoms with Gasteiger partial charge in [0.05, 0.1) is 0 Å². The largest absolute Gasteiger partial charge is 0.323 e. The molecule has 0 aliphatic heterocycles. The minimum absolute atomic E-state index is 0.851. The van der Waals surface area contributed by atoms with Gasteiger partial charge in [0.1, 0.15) is 18.6 Å². The van der Waals surface area contributed by atoms with E-state index in [0.29, 0.717) is 0 Å². The van der Waals surface area contributed by atoms with E-state index >= 15 is 0 Å². The smallest absolute Gasteiger partial charge is 0.115 e. The van der Waals surface area contributed by atoms with Crippen LogP contribution in [0, 0.1) is 18.6 Å². The molecule has 0 aliphatic carbocycles. The predicted octanol–water partition coefficient (Wildman–Crippen LogP) is 10.1. The van der Waals surface area contributed by atoms with Gasteiger partial charge in [-0.2, -0.15) is 0 Å². The van der Waals surface area contributed by atoms with Crippen LogP contribution in [0.25, 0.3) is 21.5 Å². The fourth-order valence-electron chi connectivity index (χ4n) is 4.58. The van der Waals surface area contributed by atoms with Crippen LogP contribution in [-0.2, 0) is 13.1 Å². The Morgan fingerprint density at radius 2 is 0.750 bits per heavy atom. The first kappa shape index (κ1) is 25.8. The number of fused-ring (bicyclic) bond motifs is 2. The van der Waals surface area contributed by atoms with Crippen LogP contribution in [0.4, 0.5) is 0 Å². The van der Waals surface area contributed by atoms with Crippen molar-refractivity contribution in [3.8, 4) is 0 Å². The summed E-state index contributed by atoms with van der Waals surface area (Å²) in [6.07, 6.45) is 15.2. The van der Waals surface area contributed by atoms with E-state index in [-0.39, 0.29) is 0 Å². The van der Waals surface area contributed by atoms with Crippen molar-refractivity contribution in [3.63, 3.8) is 0 Å². The van der Waals surface area contributed by atoms with Crippen LogP contribution in [0.3, 0.4) is 0 Å². The molecule has 0 fully saturated rings. The molecule has 0 radical (unpaired) electrons. The van der Waals surface area contributed by atoms with Crippen LogP contribution in [0.1, 0.15) is 90.9 Å². The molecule has 1 aromatic carbocycles. The molecular weight excluding hydrogens is 469 g/mol. The SMILES string of the molecule is CCCCCCCCn1c(=S)c2cc3c(=S)n(CCCCCCCC)c(=S)c3cc2c1=S. The summed E-state index contributed by atoms with van der Waals surface area (Å²) < 4.78 is 7.69. The molecule has 0 atom stereocenters.